The second-order valence-corrected chi connectivity index (χ2v) is 16.7. The number of ether oxygens (including phenoxy) is 5. The monoisotopic (exact) mass is 831 g/mol. The number of esters is 2. The van der Waals surface area contributed by atoms with E-state index in [0.29, 0.717) is 12.8 Å². The van der Waals surface area contributed by atoms with Crippen LogP contribution in [0.2, 0.25) is 0 Å². The van der Waals surface area contributed by atoms with Crippen molar-refractivity contribution >= 4 is 11.9 Å². The summed E-state index contributed by atoms with van der Waals surface area (Å²) in [6.07, 6.45) is 14.6. The van der Waals surface area contributed by atoms with Crippen LogP contribution in [0.3, 0.4) is 0 Å². The summed E-state index contributed by atoms with van der Waals surface area (Å²) in [6, 6.07) is 0. The van der Waals surface area contributed by atoms with Gasteiger partial charge in [0.1, 0.15) is 62.0 Å². The molecule has 11 atom stereocenters. The lowest BCUT2D eigenvalue weighted by Crippen LogP contribution is -2.64. The van der Waals surface area contributed by atoms with Gasteiger partial charge in [-0.3, -0.25) is 9.59 Å². The van der Waals surface area contributed by atoms with Crippen LogP contribution in [0.15, 0.2) is 12.2 Å². The molecule has 0 aliphatic carbocycles. The van der Waals surface area contributed by atoms with Gasteiger partial charge in [0, 0.05) is 12.8 Å². The van der Waals surface area contributed by atoms with Crippen LogP contribution in [0.4, 0.5) is 0 Å². The van der Waals surface area contributed by atoms with Crippen molar-refractivity contribution in [3.8, 4) is 0 Å². The van der Waals surface area contributed by atoms with Gasteiger partial charge in [-0.05, 0) is 44.4 Å². The van der Waals surface area contributed by atoms with E-state index in [1.54, 1.807) is 0 Å². The third-order valence-electron chi connectivity index (χ3n) is 11.6. The summed E-state index contributed by atoms with van der Waals surface area (Å²) in [5, 5.41) is 63.3. The highest BCUT2D eigenvalue weighted by Crippen LogP contribution is 2.29. The highest BCUT2D eigenvalue weighted by Gasteiger charge is 2.50. The smallest absolute Gasteiger partial charge is 0.305 e. The normalized spacial score (nSPS) is 28.2. The number of carbonyl (C=O) groups excluding carboxylic acids is 2. The molecule has 0 radical (unpaired) electrons. The minimum atomic E-state index is -1.80. The lowest BCUT2D eigenvalue weighted by molar-refractivity contribution is -0.376. The molecule has 0 spiro atoms. The molecule has 340 valence electrons. The van der Waals surface area contributed by atoms with E-state index in [0.717, 1.165) is 63.7 Å². The summed E-state index contributed by atoms with van der Waals surface area (Å²) in [7, 11) is 0. The van der Waals surface area contributed by atoms with Gasteiger partial charge in [0.15, 0.2) is 12.6 Å². The highest BCUT2D eigenvalue weighted by atomic mass is 16.8. The summed E-state index contributed by atoms with van der Waals surface area (Å²) < 4.78 is 27.5. The van der Waals surface area contributed by atoms with Gasteiger partial charge < -0.3 is 54.3 Å². The fraction of sp³-hybridized carbons (Fsp3) is 0.911. The first-order valence-electron chi connectivity index (χ1n) is 23.0. The molecule has 13 nitrogen and oxygen atoms in total. The predicted octanol–water partition coefficient (Wildman–Crippen LogP) is 6.69. The van der Waals surface area contributed by atoms with Crippen LogP contribution >= 0.6 is 0 Å². The zero-order chi connectivity index (χ0) is 42.5. The number of unbranched alkanes of at least 4 members (excludes halogenated alkanes) is 18. The molecular weight excluding hydrogens is 748 g/mol. The fourth-order valence-corrected chi connectivity index (χ4v) is 7.33. The number of rotatable bonds is 33. The molecule has 58 heavy (non-hydrogen) atoms. The van der Waals surface area contributed by atoms with Gasteiger partial charge in [0.2, 0.25) is 0 Å². The van der Waals surface area contributed by atoms with Crippen molar-refractivity contribution < 1.29 is 63.9 Å². The largest absolute Gasteiger partial charge is 0.463 e. The molecule has 2 saturated heterocycles. The van der Waals surface area contributed by atoms with Gasteiger partial charge >= 0.3 is 11.9 Å². The molecule has 2 fully saturated rings. The summed E-state index contributed by atoms with van der Waals surface area (Å²) in [6.45, 7) is 5.91. The molecule has 0 amide bonds. The molecule has 2 rings (SSSR count). The van der Waals surface area contributed by atoms with Crippen LogP contribution < -0.4 is 0 Å². The van der Waals surface area contributed by atoms with E-state index in [9.17, 15) is 40.2 Å². The molecule has 0 saturated carbocycles. The van der Waals surface area contributed by atoms with Crippen molar-refractivity contribution in [1.29, 1.82) is 0 Å². The molecule has 0 aromatic heterocycles. The Morgan fingerprint density at radius 3 is 1.31 bits per heavy atom. The Kier molecular flexibility index (Phi) is 29.0. The second kappa shape index (κ2) is 32.1. The van der Waals surface area contributed by atoms with Crippen LogP contribution in [0.25, 0.3) is 0 Å². The van der Waals surface area contributed by atoms with E-state index in [2.05, 4.69) is 32.9 Å². The lowest BCUT2D eigenvalue weighted by Gasteiger charge is -2.44. The Labute approximate surface area is 349 Å². The van der Waals surface area contributed by atoms with Gasteiger partial charge in [-0.15, -0.1) is 0 Å². The first-order chi connectivity index (χ1) is 28.0. The Bertz CT molecular complexity index is 1080. The average molecular weight is 831 g/mol. The van der Waals surface area contributed by atoms with E-state index in [-0.39, 0.29) is 12.8 Å². The molecule has 2 aliphatic heterocycles. The minimum Gasteiger partial charge on any atom is -0.463 e. The standard InChI is InChI=1S/C45H82O13/c1-4-6-7-8-9-10-11-12-13-14-15-16-20-23-26-29-36(46)54-31-34-38(48)40(50)42(52)44(56-34)58-45-43(53)41(51)39(49)35(57-45)32-55-37(47)30-27-24-21-18-17-19-22-25-28-33(3)5-2/h12-13,33-35,38-45,48-53H,4-11,14-32H2,1-3H3/b13-12-/t33?,34-,35-,38-,39-,40+,41+,42-,43-,44-,45-/m1/s1. The predicted molar refractivity (Wildman–Crippen MR) is 221 cm³/mol. The zero-order valence-electron chi connectivity index (χ0n) is 36.1. The first-order valence-corrected chi connectivity index (χ1v) is 23.0. The quantitative estimate of drug-likeness (QED) is 0.0232. The van der Waals surface area contributed by atoms with Crippen LogP contribution in [0, 0.1) is 5.92 Å². The number of hydrogen-bond acceptors (Lipinski definition) is 13. The lowest BCUT2D eigenvalue weighted by atomic mass is 9.98. The van der Waals surface area contributed by atoms with Crippen LogP contribution in [-0.2, 0) is 33.3 Å². The van der Waals surface area contributed by atoms with Crippen molar-refractivity contribution in [3.63, 3.8) is 0 Å². The molecule has 0 aromatic carbocycles. The molecule has 13 heteroatoms. The molecule has 6 N–H and O–H groups in total. The number of aliphatic hydroxyl groups is 6. The zero-order valence-corrected chi connectivity index (χ0v) is 36.1. The number of allylic oxidation sites excluding steroid dienone is 2. The van der Waals surface area contributed by atoms with Crippen molar-refractivity contribution in [2.75, 3.05) is 13.2 Å². The van der Waals surface area contributed by atoms with E-state index in [1.807, 2.05) is 0 Å². The second-order valence-electron chi connectivity index (χ2n) is 16.7. The summed E-state index contributed by atoms with van der Waals surface area (Å²) >= 11 is 0. The highest BCUT2D eigenvalue weighted by molar-refractivity contribution is 5.69. The average Bonchev–Trinajstić information content (AvgIpc) is 3.22. The topological polar surface area (TPSA) is 202 Å². The Balaban J connectivity index is 1.66. The van der Waals surface area contributed by atoms with E-state index in [4.69, 9.17) is 23.7 Å². The van der Waals surface area contributed by atoms with Gasteiger partial charge in [0.25, 0.3) is 0 Å². The Hall–Kier alpha value is -1.68. The SMILES string of the molecule is CCCCCCCC/C=C\CCCCCCCC(=O)OC[C@H]1O[C@H](O[C@H]2O[C@H](COC(=O)CCCCCCCCCCC(C)CC)[C@@H](O)[C@H](O)[C@H]2O)[C@H](O)[C@@H](O)[C@@H]1O. The van der Waals surface area contributed by atoms with Crippen molar-refractivity contribution in [2.24, 2.45) is 5.92 Å². The molecule has 2 aliphatic rings. The van der Waals surface area contributed by atoms with Crippen LogP contribution in [0.1, 0.15) is 181 Å². The van der Waals surface area contributed by atoms with Crippen LogP contribution in [-0.4, -0.2) is 117 Å². The summed E-state index contributed by atoms with van der Waals surface area (Å²) in [5.41, 5.74) is 0. The number of hydrogen-bond donors (Lipinski definition) is 6. The van der Waals surface area contributed by atoms with Crippen molar-refractivity contribution in [3.05, 3.63) is 12.2 Å². The van der Waals surface area contributed by atoms with E-state index < -0.39 is 86.6 Å². The maximum absolute atomic E-state index is 12.4. The maximum atomic E-state index is 12.4. The molecule has 2 heterocycles. The summed E-state index contributed by atoms with van der Waals surface area (Å²) in [5.74, 6) is -0.187. The van der Waals surface area contributed by atoms with Crippen LogP contribution in [0.5, 0.6) is 0 Å². The Morgan fingerprint density at radius 2 is 0.897 bits per heavy atom. The third-order valence-corrected chi connectivity index (χ3v) is 11.6. The summed E-state index contributed by atoms with van der Waals surface area (Å²) in [4.78, 5) is 24.9. The molecular formula is C45H82O13. The maximum Gasteiger partial charge on any atom is 0.305 e. The Morgan fingerprint density at radius 1 is 0.517 bits per heavy atom. The van der Waals surface area contributed by atoms with Crippen molar-refractivity contribution in [2.45, 2.75) is 243 Å². The fourth-order valence-electron chi connectivity index (χ4n) is 7.33. The number of carbonyl (C=O) groups is 2. The number of aliphatic hydroxyl groups excluding tert-OH is 6. The first kappa shape index (κ1) is 52.5. The minimum absolute atomic E-state index is 0.180. The molecule has 0 aromatic rings. The third kappa shape index (κ3) is 21.7. The van der Waals surface area contributed by atoms with E-state index in [1.165, 1.54) is 77.0 Å². The van der Waals surface area contributed by atoms with Gasteiger partial charge in [-0.2, -0.15) is 0 Å². The van der Waals surface area contributed by atoms with Crippen molar-refractivity contribution in [1.82, 2.24) is 0 Å². The van der Waals surface area contributed by atoms with Gasteiger partial charge in [-0.1, -0.05) is 142 Å². The molecule has 1 unspecified atom stereocenters. The van der Waals surface area contributed by atoms with Gasteiger partial charge in [0.05, 0.1) is 0 Å². The van der Waals surface area contributed by atoms with E-state index >= 15 is 0 Å². The van der Waals surface area contributed by atoms with Gasteiger partial charge in [-0.25, -0.2) is 0 Å². The molecule has 0 bridgehead atoms.